The maximum Gasteiger partial charge on any atom is 0.408 e. The molecule has 2 unspecified atom stereocenters. The van der Waals surface area contributed by atoms with Gasteiger partial charge in [-0.3, -0.25) is 9.59 Å². The Morgan fingerprint density at radius 1 is 0.925 bits per heavy atom. The van der Waals surface area contributed by atoms with Gasteiger partial charge in [-0.1, -0.05) is 30.3 Å². The molecular weight excluding hydrogens is 514 g/mol. The number of aromatic hydroxyl groups is 2. The maximum absolute atomic E-state index is 13.9. The molecule has 0 heterocycles. The van der Waals surface area contributed by atoms with Gasteiger partial charge in [-0.15, -0.1) is 0 Å². The number of rotatable bonds is 9. The van der Waals surface area contributed by atoms with Crippen LogP contribution in [0.25, 0.3) is 0 Å². The van der Waals surface area contributed by atoms with Gasteiger partial charge in [-0.25, -0.2) is 4.79 Å². The summed E-state index contributed by atoms with van der Waals surface area (Å²) in [5, 5.41) is 25.7. The number of nitrogens with zero attached hydrogens (tertiary/aromatic N) is 1. The van der Waals surface area contributed by atoms with Crippen molar-refractivity contribution in [2.24, 2.45) is 0 Å². The van der Waals surface area contributed by atoms with Crippen LogP contribution in [0.4, 0.5) is 10.5 Å². The Balaban J connectivity index is 1.95. The third-order valence-corrected chi connectivity index (χ3v) is 5.94. The standard InChI is InChI=1S/C30H35N3O7/c1-30(2,3)40-29(38)32-24(18-19-10-14-21(34)15-11-19)28(37)33(4)26(23-8-6-7-9-25(23)35)27(36)31-20-12-16-22(39-5)17-13-20/h6-17,24,26,34-35H,18H2,1-5H3,(H,31,36)(H,32,38). The van der Waals surface area contributed by atoms with Gasteiger partial charge in [0.1, 0.15) is 34.9 Å². The van der Waals surface area contributed by atoms with Crippen LogP contribution in [0, 0.1) is 0 Å². The Bertz CT molecular complexity index is 1320. The average molecular weight is 550 g/mol. The smallest absolute Gasteiger partial charge is 0.408 e. The lowest BCUT2D eigenvalue weighted by Gasteiger charge is -2.32. The Morgan fingerprint density at radius 2 is 1.55 bits per heavy atom. The quantitative estimate of drug-likeness (QED) is 0.311. The van der Waals surface area contributed by atoms with Gasteiger partial charge in [0, 0.05) is 24.7 Å². The third-order valence-electron chi connectivity index (χ3n) is 5.94. The van der Waals surface area contributed by atoms with E-state index in [0.717, 1.165) is 0 Å². The number of phenols is 2. The lowest BCUT2D eigenvalue weighted by molar-refractivity contribution is -0.139. The van der Waals surface area contributed by atoms with E-state index in [4.69, 9.17) is 9.47 Å². The van der Waals surface area contributed by atoms with Crippen LogP contribution in [0.1, 0.15) is 37.9 Å². The molecule has 2 atom stereocenters. The van der Waals surface area contributed by atoms with Crippen LogP contribution < -0.4 is 15.4 Å². The number of para-hydroxylation sites is 1. The lowest BCUT2D eigenvalue weighted by atomic mass is 10.00. The first-order chi connectivity index (χ1) is 18.9. The summed E-state index contributed by atoms with van der Waals surface area (Å²) >= 11 is 0. The van der Waals surface area contributed by atoms with E-state index in [9.17, 15) is 24.6 Å². The summed E-state index contributed by atoms with van der Waals surface area (Å²) in [4.78, 5) is 41.4. The number of methoxy groups -OCH3 is 1. The minimum absolute atomic E-state index is 0.0519. The van der Waals surface area contributed by atoms with Crippen molar-refractivity contribution in [3.05, 3.63) is 83.9 Å². The number of benzene rings is 3. The molecule has 0 aliphatic rings. The Hall–Kier alpha value is -4.73. The van der Waals surface area contributed by atoms with Gasteiger partial charge in [0.2, 0.25) is 5.91 Å². The number of carbonyl (C=O) groups is 3. The molecule has 0 fully saturated rings. The molecule has 10 heteroatoms. The molecule has 40 heavy (non-hydrogen) atoms. The van der Waals surface area contributed by atoms with E-state index in [0.29, 0.717) is 17.0 Å². The summed E-state index contributed by atoms with van der Waals surface area (Å²) < 4.78 is 10.5. The zero-order valence-corrected chi connectivity index (χ0v) is 23.2. The van der Waals surface area contributed by atoms with Gasteiger partial charge in [0.15, 0.2) is 0 Å². The maximum atomic E-state index is 13.9. The number of ether oxygens (including phenoxy) is 2. The summed E-state index contributed by atoms with van der Waals surface area (Å²) in [7, 11) is 2.95. The molecule has 0 aromatic heterocycles. The van der Waals surface area contributed by atoms with Crippen LogP contribution in [0.15, 0.2) is 72.8 Å². The van der Waals surface area contributed by atoms with Crippen molar-refractivity contribution >= 4 is 23.6 Å². The number of alkyl carbamates (subject to hydrolysis) is 1. The van der Waals surface area contributed by atoms with Crippen LogP contribution in [-0.4, -0.2) is 58.8 Å². The van der Waals surface area contributed by atoms with Crippen molar-refractivity contribution in [2.75, 3.05) is 19.5 Å². The fraction of sp³-hybridized carbons (Fsp3) is 0.300. The lowest BCUT2D eigenvalue weighted by Crippen LogP contribution is -2.52. The molecule has 4 N–H and O–H groups in total. The van der Waals surface area contributed by atoms with Crippen LogP contribution in [0.3, 0.4) is 0 Å². The van der Waals surface area contributed by atoms with E-state index in [1.54, 1.807) is 75.4 Å². The van der Waals surface area contributed by atoms with Crippen molar-refractivity contribution in [2.45, 2.75) is 44.9 Å². The predicted octanol–water partition coefficient (Wildman–Crippen LogP) is 4.38. The highest BCUT2D eigenvalue weighted by Crippen LogP contribution is 2.30. The Kier molecular flexibility index (Phi) is 9.60. The Morgan fingerprint density at radius 3 is 2.12 bits per heavy atom. The minimum atomic E-state index is -1.25. The molecule has 3 rings (SSSR count). The van der Waals surface area contributed by atoms with Gasteiger partial charge in [-0.05, 0) is 68.8 Å². The molecule has 0 spiro atoms. The zero-order valence-electron chi connectivity index (χ0n) is 23.2. The van der Waals surface area contributed by atoms with Crippen LogP contribution in [0.5, 0.6) is 17.2 Å². The van der Waals surface area contributed by atoms with Gasteiger partial charge in [0.25, 0.3) is 5.91 Å². The molecule has 0 radical (unpaired) electrons. The first-order valence-corrected chi connectivity index (χ1v) is 12.6. The van der Waals surface area contributed by atoms with Crippen LogP contribution in [0.2, 0.25) is 0 Å². The second-order valence-corrected chi connectivity index (χ2v) is 10.2. The molecule has 10 nitrogen and oxygen atoms in total. The molecule has 0 saturated heterocycles. The number of nitrogens with one attached hydrogen (secondary N) is 2. The summed E-state index contributed by atoms with van der Waals surface area (Å²) in [5.74, 6) is -0.695. The molecule has 3 aromatic carbocycles. The Labute approximate surface area is 233 Å². The summed E-state index contributed by atoms with van der Waals surface area (Å²) in [6, 6.07) is 16.7. The molecule has 3 aromatic rings. The SMILES string of the molecule is COc1ccc(NC(=O)C(c2ccccc2O)N(C)C(=O)C(Cc2ccc(O)cc2)NC(=O)OC(C)(C)C)cc1. The van der Waals surface area contributed by atoms with E-state index in [1.807, 2.05) is 0 Å². The summed E-state index contributed by atoms with van der Waals surface area (Å²) in [6.07, 6.45) is -0.754. The van der Waals surface area contributed by atoms with E-state index >= 15 is 0 Å². The number of carbonyl (C=O) groups excluding carboxylic acids is 3. The van der Waals surface area contributed by atoms with Gasteiger partial charge >= 0.3 is 6.09 Å². The van der Waals surface area contributed by atoms with Crippen molar-refractivity contribution in [1.29, 1.82) is 0 Å². The van der Waals surface area contributed by atoms with Gasteiger partial charge < -0.3 is 35.2 Å². The monoisotopic (exact) mass is 549 g/mol. The van der Waals surface area contributed by atoms with Crippen molar-refractivity contribution < 1.29 is 34.1 Å². The predicted molar refractivity (Wildman–Crippen MR) is 150 cm³/mol. The first kappa shape index (κ1) is 29.8. The number of amides is 3. The van der Waals surface area contributed by atoms with Gasteiger partial charge in [-0.2, -0.15) is 0 Å². The van der Waals surface area contributed by atoms with Crippen LogP contribution in [-0.2, 0) is 20.7 Å². The first-order valence-electron chi connectivity index (χ1n) is 12.6. The molecule has 212 valence electrons. The number of likely N-dealkylation sites (N-methyl/N-ethyl adjacent to an activating group) is 1. The second-order valence-electron chi connectivity index (χ2n) is 10.2. The number of hydrogen-bond acceptors (Lipinski definition) is 7. The normalized spacial score (nSPS) is 12.5. The number of hydrogen-bond donors (Lipinski definition) is 4. The van der Waals surface area contributed by atoms with Crippen molar-refractivity contribution in [3.8, 4) is 17.2 Å². The third kappa shape index (κ3) is 8.13. The molecule has 0 aliphatic heterocycles. The molecule has 0 saturated carbocycles. The minimum Gasteiger partial charge on any atom is -0.508 e. The van der Waals surface area contributed by atoms with E-state index < -0.39 is 35.6 Å². The molecule has 0 bridgehead atoms. The van der Waals surface area contributed by atoms with Crippen molar-refractivity contribution in [3.63, 3.8) is 0 Å². The topological polar surface area (TPSA) is 137 Å². The fourth-order valence-electron chi connectivity index (χ4n) is 4.02. The molecular formula is C30H35N3O7. The highest BCUT2D eigenvalue weighted by Gasteiger charge is 2.35. The summed E-state index contributed by atoms with van der Waals surface area (Å²) in [5.41, 5.74) is 0.505. The van der Waals surface area contributed by atoms with E-state index in [2.05, 4.69) is 10.6 Å². The average Bonchev–Trinajstić information content (AvgIpc) is 2.89. The van der Waals surface area contributed by atoms with E-state index in [-0.39, 0.29) is 23.5 Å². The highest BCUT2D eigenvalue weighted by molar-refractivity contribution is 5.99. The fourth-order valence-corrected chi connectivity index (χ4v) is 4.02. The van der Waals surface area contributed by atoms with Crippen LogP contribution >= 0.6 is 0 Å². The highest BCUT2D eigenvalue weighted by atomic mass is 16.6. The number of phenolic OH excluding ortho intramolecular Hbond substituents is 2. The largest absolute Gasteiger partial charge is 0.508 e. The molecule has 3 amide bonds. The second kappa shape index (κ2) is 12.9. The molecule has 0 aliphatic carbocycles. The number of anilines is 1. The zero-order chi connectivity index (χ0) is 29.4. The van der Waals surface area contributed by atoms with Crippen molar-refractivity contribution in [1.82, 2.24) is 10.2 Å². The van der Waals surface area contributed by atoms with E-state index in [1.165, 1.54) is 37.3 Å². The van der Waals surface area contributed by atoms with Gasteiger partial charge in [0.05, 0.1) is 7.11 Å². The summed E-state index contributed by atoms with van der Waals surface area (Å²) in [6.45, 7) is 5.10.